The highest BCUT2D eigenvalue weighted by Crippen LogP contribution is 2.17. The molecule has 0 bridgehead atoms. The van der Waals surface area contributed by atoms with E-state index in [4.69, 9.17) is 15.9 Å². The molecule has 1 aliphatic rings. The van der Waals surface area contributed by atoms with Gasteiger partial charge in [-0.05, 0) is 45.3 Å². The molecule has 98 valence electrons. The van der Waals surface area contributed by atoms with Gasteiger partial charge in [-0.3, -0.25) is 4.90 Å². The molecule has 1 aliphatic heterocycles. The molecule has 1 heterocycles. The SMILES string of the molecule is CO.NCCCCCCN1CCCC1CO. The molecule has 0 amide bonds. The molecule has 0 aromatic rings. The van der Waals surface area contributed by atoms with E-state index in [9.17, 15) is 0 Å². The fraction of sp³-hybridized carbons (Fsp3) is 1.00. The Bertz CT molecular complexity index is 145. The quantitative estimate of drug-likeness (QED) is 0.561. The van der Waals surface area contributed by atoms with Crippen molar-refractivity contribution in [2.24, 2.45) is 5.73 Å². The van der Waals surface area contributed by atoms with Crippen LogP contribution in [-0.4, -0.2) is 54.5 Å². The van der Waals surface area contributed by atoms with E-state index in [0.29, 0.717) is 12.6 Å². The molecular weight excluding hydrogens is 204 g/mol. The Hall–Kier alpha value is -0.160. The van der Waals surface area contributed by atoms with E-state index in [1.165, 1.54) is 38.6 Å². The van der Waals surface area contributed by atoms with Gasteiger partial charge in [0.05, 0.1) is 6.61 Å². The van der Waals surface area contributed by atoms with Crippen LogP contribution in [-0.2, 0) is 0 Å². The van der Waals surface area contributed by atoms with Gasteiger partial charge in [-0.2, -0.15) is 0 Å². The van der Waals surface area contributed by atoms with Crippen molar-refractivity contribution < 1.29 is 10.2 Å². The first kappa shape index (κ1) is 15.8. The molecular formula is C12H28N2O2. The van der Waals surface area contributed by atoms with Crippen molar-refractivity contribution in [3.8, 4) is 0 Å². The molecule has 1 saturated heterocycles. The van der Waals surface area contributed by atoms with Gasteiger partial charge in [-0.15, -0.1) is 0 Å². The summed E-state index contributed by atoms with van der Waals surface area (Å²) in [5, 5.41) is 16.1. The number of hydrogen-bond donors (Lipinski definition) is 3. The molecule has 1 fully saturated rings. The van der Waals surface area contributed by atoms with E-state index in [2.05, 4.69) is 4.90 Å². The first-order valence-electron chi connectivity index (χ1n) is 6.38. The van der Waals surface area contributed by atoms with Crippen LogP contribution in [0.25, 0.3) is 0 Å². The third-order valence-electron chi connectivity index (χ3n) is 3.11. The minimum Gasteiger partial charge on any atom is -0.400 e. The zero-order chi connectivity index (χ0) is 12.2. The number of aliphatic hydroxyl groups excluding tert-OH is 2. The summed E-state index contributed by atoms with van der Waals surface area (Å²) >= 11 is 0. The molecule has 0 aromatic carbocycles. The van der Waals surface area contributed by atoms with Crippen molar-refractivity contribution in [2.75, 3.05) is 33.4 Å². The zero-order valence-corrected chi connectivity index (χ0v) is 10.6. The third kappa shape index (κ3) is 6.43. The Balaban J connectivity index is 0.00000106. The van der Waals surface area contributed by atoms with Gasteiger partial charge < -0.3 is 15.9 Å². The lowest BCUT2D eigenvalue weighted by Gasteiger charge is -2.22. The van der Waals surface area contributed by atoms with E-state index >= 15 is 0 Å². The summed E-state index contributed by atoms with van der Waals surface area (Å²) in [5.41, 5.74) is 5.43. The lowest BCUT2D eigenvalue weighted by molar-refractivity contribution is 0.157. The molecule has 4 nitrogen and oxygen atoms in total. The van der Waals surface area contributed by atoms with Crippen LogP contribution in [0.1, 0.15) is 38.5 Å². The average molecular weight is 232 g/mol. The minimum atomic E-state index is 0.336. The number of hydrogen-bond acceptors (Lipinski definition) is 4. The summed E-state index contributed by atoms with van der Waals surface area (Å²) in [6.45, 7) is 3.50. The largest absolute Gasteiger partial charge is 0.400 e. The number of nitrogens with zero attached hydrogens (tertiary/aromatic N) is 1. The van der Waals surface area contributed by atoms with E-state index in [-0.39, 0.29) is 0 Å². The van der Waals surface area contributed by atoms with Crippen molar-refractivity contribution in [3.63, 3.8) is 0 Å². The predicted octanol–water partition coefficient (Wildman–Crippen LogP) is 0.571. The van der Waals surface area contributed by atoms with Gasteiger partial charge >= 0.3 is 0 Å². The summed E-state index contributed by atoms with van der Waals surface area (Å²) in [7, 11) is 1.00. The van der Waals surface area contributed by atoms with Gasteiger partial charge in [-0.25, -0.2) is 0 Å². The van der Waals surface area contributed by atoms with Gasteiger partial charge in [0.25, 0.3) is 0 Å². The molecule has 0 aliphatic carbocycles. The maximum Gasteiger partial charge on any atom is 0.0586 e. The van der Waals surface area contributed by atoms with Gasteiger partial charge in [0, 0.05) is 13.2 Å². The highest BCUT2D eigenvalue weighted by Gasteiger charge is 2.22. The monoisotopic (exact) mass is 232 g/mol. The second-order valence-electron chi connectivity index (χ2n) is 4.22. The first-order chi connectivity index (χ1) is 7.88. The maximum atomic E-state index is 9.12. The van der Waals surface area contributed by atoms with Gasteiger partial charge in [0.2, 0.25) is 0 Å². The molecule has 4 heteroatoms. The Morgan fingerprint density at radius 2 is 1.88 bits per heavy atom. The van der Waals surface area contributed by atoms with E-state index in [1.54, 1.807) is 0 Å². The summed E-state index contributed by atoms with van der Waals surface area (Å²) in [6.07, 6.45) is 7.40. The Kier molecular flexibility index (Phi) is 11.2. The van der Waals surface area contributed by atoms with Gasteiger partial charge in [-0.1, -0.05) is 12.8 Å². The normalized spacial score (nSPS) is 20.6. The van der Waals surface area contributed by atoms with Crippen LogP contribution < -0.4 is 5.73 Å². The van der Waals surface area contributed by atoms with Crippen LogP contribution in [0, 0.1) is 0 Å². The molecule has 0 aromatic heterocycles. The van der Waals surface area contributed by atoms with Crippen LogP contribution in [0.2, 0.25) is 0 Å². The highest BCUT2D eigenvalue weighted by atomic mass is 16.3. The van der Waals surface area contributed by atoms with Crippen LogP contribution in [0.4, 0.5) is 0 Å². The standard InChI is InChI=1S/C11H24N2O.CH4O/c12-7-3-1-2-4-8-13-9-5-6-11(13)10-14;1-2/h11,14H,1-10,12H2;2H,1H3. The molecule has 16 heavy (non-hydrogen) atoms. The smallest absolute Gasteiger partial charge is 0.0586 e. The number of rotatable bonds is 7. The van der Waals surface area contributed by atoms with Gasteiger partial charge in [0.1, 0.15) is 0 Å². The van der Waals surface area contributed by atoms with Crippen LogP contribution >= 0.6 is 0 Å². The van der Waals surface area contributed by atoms with Crippen LogP contribution in [0.3, 0.4) is 0 Å². The molecule has 1 unspecified atom stereocenters. The number of aliphatic hydroxyl groups is 2. The second-order valence-corrected chi connectivity index (χ2v) is 4.22. The number of likely N-dealkylation sites (tertiary alicyclic amines) is 1. The molecule has 1 rings (SSSR count). The summed E-state index contributed by atoms with van der Waals surface area (Å²) in [5.74, 6) is 0. The summed E-state index contributed by atoms with van der Waals surface area (Å²) < 4.78 is 0. The Morgan fingerprint density at radius 3 is 2.50 bits per heavy atom. The molecule has 1 atom stereocenters. The lowest BCUT2D eigenvalue weighted by Crippen LogP contribution is -2.32. The first-order valence-corrected chi connectivity index (χ1v) is 6.38. The molecule has 4 N–H and O–H groups in total. The fourth-order valence-electron chi connectivity index (χ4n) is 2.21. The van der Waals surface area contributed by atoms with E-state index in [1.807, 2.05) is 0 Å². The third-order valence-corrected chi connectivity index (χ3v) is 3.11. The fourth-order valence-corrected chi connectivity index (χ4v) is 2.21. The summed E-state index contributed by atoms with van der Waals surface area (Å²) in [4.78, 5) is 2.43. The number of nitrogens with two attached hydrogens (primary N) is 1. The van der Waals surface area contributed by atoms with Crippen molar-refractivity contribution in [3.05, 3.63) is 0 Å². The maximum absolute atomic E-state index is 9.12. The average Bonchev–Trinajstić information content (AvgIpc) is 2.79. The number of unbranched alkanes of at least 4 members (excludes halogenated alkanes) is 3. The Morgan fingerprint density at radius 1 is 1.19 bits per heavy atom. The summed E-state index contributed by atoms with van der Waals surface area (Å²) in [6, 6.07) is 0.449. The van der Waals surface area contributed by atoms with E-state index < -0.39 is 0 Å². The van der Waals surface area contributed by atoms with Crippen molar-refractivity contribution in [1.82, 2.24) is 4.90 Å². The lowest BCUT2D eigenvalue weighted by atomic mass is 10.2. The predicted molar refractivity (Wildman–Crippen MR) is 67.3 cm³/mol. The Labute approximate surface area is 99.4 Å². The van der Waals surface area contributed by atoms with Crippen molar-refractivity contribution in [1.29, 1.82) is 0 Å². The second kappa shape index (κ2) is 11.3. The van der Waals surface area contributed by atoms with Crippen molar-refractivity contribution in [2.45, 2.75) is 44.6 Å². The zero-order valence-electron chi connectivity index (χ0n) is 10.6. The van der Waals surface area contributed by atoms with Crippen LogP contribution in [0.15, 0.2) is 0 Å². The molecule has 0 saturated carbocycles. The molecule has 0 radical (unpaired) electrons. The highest BCUT2D eigenvalue weighted by molar-refractivity contribution is 4.77. The topological polar surface area (TPSA) is 69.7 Å². The van der Waals surface area contributed by atoms with Crippen LogP contribution in [0.5, 0.6) is 0 Å². The van der Waals surface area contributed by atoms with Crippen molar-refractivity contribution >= 4 is 0 Å². The minimum absolute atomic E-state index is 0.336. The molecule has 0 spiro atoms. The van der Waals surface area contributed by atoms with E-state index in [0.717, 1.165) is 26.6 Å². The van der Waals surface area contributed by atoms with Gasteiger partial charge in [0.15, 0.2) is 0 Å².